The Morgan fingerprint density at radius 3 is 2.51 bits per heavy atom. The molecule has 2 saturated heterocycles. The third-order valence-electron chi connectivity index (χ3n) is 14.4. The fourth-order valence-corrected chi connectivity index (χ4v) is 20.0. The van der Waals surface area contributed by atoms with E-state index in [4.69, 9.17) is 14.5 Å². The second kappa shape index (κ2) is 20.4. The molecule has 0 aliphatic carbocycles. The van der Waals surface area contributed by atoms with Crippen molar-refractivity contribution in [2.24, 2.45) is 22.7 Å². The van der Waals surface area contributed by atoms with E-state index >= 15 is 0 Å². The predicted molar refractivity (Wildman–Crippen MR) is 263 cm³/mol. The SMILES string of the molecule is C=CC(=O)N1C[C@@H]([C](=O)[In]([CH3])[C@H](C(=O)N[C@H]2Cc3cccc(c3)-c3ccc4c(c3)c(c(-c3cccnc3[C@H](C)OC)n4CC)CC(C)(C)COC(=O)[C@@H]3CCCN(N3)C2=O)C(C)C)C(C)(C)C1. The summed E-state index contributed by atoms with van der Waals surface area (Å²) in [5, 5.41) is 5.73. The van der Waals surface area contributed by atoms with Crippen LogP contribution in [-0.4, -0.2) is 114 Å². The number of rotatable bonds is 11. The van der Waals surface area contributed by atoms with Crippen molar-refractivity contribution >= 4 is 59.6 Å². The van der Waals surface area contributed by atoms with Crippen LogP contribution in [0.5, 0.6) is 0 Å². The number of methoxy groups -OCH3 is 1. The second-order valence-electron chi connectivity index (χ2n) is 20.8. The maximum atomic E-state index is 14.8. The van der Waals surface area contributed by atoms with Crippen LogP contribution in [0.4, 0.5) is 0 Å². The third kappa shape index (κ3) is 10.5. The van der Waals surface area contributed by atoms with E-state index in [1.165, 1.54) is 11.1 Å². The fourth-order valence-electron chi connectivity index (χ4n) is 10.8. The molecule has 2 aromatic carbocycles. The molecule has 14 heteroatoms. The zero-order valence-corrected chi connectivity index (χ0v) is 44.4. The Hall–Kier alpha value is -4.79. The van der Waals surface area contributed by atoms with Crippen LogP contribution < -0.4 is 10.7 Å². The zero-order valence-electron chi connectivity index (χ0n) is 41.1. The van der Waals surface area contributed by atoms with Gasteiger partial charge in [0.2, 0.25) is 0 Å². The minimum atomic E-state index is -3.44. The Kier molecular flexibility index (Phi) is 15.3. The van der Waals surface area contributed by atoms with Crippen LogP contribution in [-0.2, 0) is 52.8 Å². The van der Waals surface area contributed by atoms with Gasteiger partial charge in [0.15, 0.2) is 0 Å². The van der Waals surface area contributed by atoms with Crippen LogP contribution in [0.15, 0.2) is 73.4 Å². The number of hydrogen-bond acceptors (Lipinski definition) is 9. The number of carbonyl (C=O) groups is 5. The fraction of sp³-hybridized carbons (Fsp3) is 0.509. The standard InChI is InChI=1S/C42H52N5O5.C10H14NO2.CH3.In/c1-8-46-36-17-16-30-23-32(36)33(39(46)31-14-10-18-43-38(31)27(4)51-7)24-42(5,6)25-52-41(50)34-15-11-19-47(45-34)40(49)35(44-37(48)20-26(2)3)22-28-12-9-13-29(30)21-28;1-4-9(13)11-5-8(6-12)10(2,3)7-11;;/h9-10,12-14,16-18,20-21,23,26-27,34-35,45H,8,11,15,19,22,24-25H2,1-7H3,(H,44,48);4,8H,1,5,7H2,2-3H3;1H3;/t27-,34-,35-;8-;;/m00../s1. The number of benzene rings is 2. The number of esters is 1. The van der Waals surface area contributed by atoms with Crippen LogP contribution in [0.1, 0.15) is 91.2 Å². The molecule has 2 aromatic heterocycles. The molecule has 3 aliphatic rings. The van der Waals surface area contributed by atoms with Crippen LogP contribution in [0.25, 0.3) is 33.3 Å². The van der Waals surface area contributed by atoms with Gasteiger partial charge >= 0.3 is 303 Å². The van der Waals surface area contributed by atoms with Crippen molar-refractivity contribution in [3.63, 3.8) is 0 Å². The molecule has 2 fully saturated rings. The first kappa shape index (κ1) is 50.1. The van der Waals surface area contributed by atoms with Gasteiger partial charge in [0, 0.05) is 25.4 Å². The van der Waals surface area contributed by atoms with E-state index in [9.17, 15) is 24.0 Å². The summed E-state index contributed by atoms with van der Waals surface area (Å²) in [6, 6.07) is 17.0. The van der Waals surface area contributed by atoms with Gasteiger partial charge in [-0.2, -0.15) is 0 Å². The summed E-state index contributed by atoms with van der Waals surface area (Å²) in [4.78, 5) is 77.1. The summed E-state index contributed by atoms with van der Waals surface area (Å²) < 4.78 is 15.9. The number of pyridine rings is 1. The molecule has 5 heterocycles. The van der Waals surface area contributed by atoms with Gasteiger partial charge in [-0.15, -0.1) is 0 Å². The Morgan fingerprint density at radius 2 is 1.81 bits per heavy atom. The van der Waals surface area contributed by atoms with Crippen molar-refractivity contribution in [1.29, 1.82) is 0 Å². The van der Waals surface area contributed by atoms with Gasteiger partial charge in [-0.05, 0) is 32.4 Å². The molecule has 67 heavy (non-hydrogen) atoms. The molecule has 0 saturated carbocycles. The number of cyclic esters (lactones) is 1. The average Bonchev–Trinajstić information content (AvgIpc) is 3.80. The number of aryl methyl sites for hydroxylation is 1. The van der Waals surface area contributed by atoms with E-state index in [0.717, 1.165) is 50.1 Å². The number of ether oxygens (including phenoxy) is 2. The van der Waals surface area contributed by atoms with Crippen molar-refractivity contribution in [3.8, 4) is 22.4 Å². The summed E-state index contributed by atoms with van der Waals surface area (Å²) in [5.74, 6) is -1.85. The van der Waals surface area contributed by atoms with Gasteiger partial charge in [-0.25, -0.2) is 0 Å². The van der Waals surface area contributed by atoms with Crippen molar-refractivity contribution in [1.82, 2.24) is 30.2 Å². The Balaban J connectivity index is 1.29. The molecule has 4 aromatic rings. The summed E-state index contributed by atoms with van der Waals surface area (Å²) in [6.45, 7) is 21.9. The summed E-state index contributed by atoms with van der Waals surface area (Å²) in [5.41, 5.74) is 10.1. The number of nitrogens with zero attached hydrogens (tertiary/aromatic N) is 4. The summed E-state index contributed by atoms with van der Waals surface area (Å²) in [7, 11) is 1.69. The first-order valence-electron chi connectivity index (χ1n) is 24.0. The van der Waals surface area contributed by atoms with Gasteiger partial charge in [0.25, 0.3) is 0 Å². The molecule has 0 spiro atoms. The third-order valence-corrected chi connectivity index (χ3v) is 24.3. The van der Waals surface area contributed by atoms with E-state index in [-0.39, 0.29) is 52.2 Å². The van der Waals surface area contributed by atoms with Crippen LogP contribution in [0.3, 0.4) is 0 Å². The number of aromatic nitrogens is 2. The Labute approximate surface area is 403 Å². The predicted octanol–water partition coefficient (Wildman–Crippen LogP) is 7.68. The topological polar surface area (TPSA) is 152 Å². The monoisotopic (exact) mass is 1020 g/mol. The molecule has 2 N–H and O–H groups in total. The summed E-state index contributed by atoms with van der Waals surface area (Å²) in [6.07, 6.45) is 4.65. The van der Waals surface area contributed by atoms with Crippen LogP contribution in [0, 0.1) is 22.7 Å². The number of carbonyl (C=O) groups excluding carboxylic acids is 5. The van der Waals surface area contributed by atoms with Gasteiger partial charge in [-0.1, -0.05) is 13.8 Å². The number of likely N-dealkylation sites (tertiary alicyclic amines) is 1. The molecule has 7 rings (SSSR count). The van der Waals surface area contributed by atoms with Crippen molar-refractivity contribution in [2.75, 3.05) is 33.4 Å². The molecular formula is C53H69InN6O7. The first-order valence-corrected chi connectivity index (χ1v) is 30.9. The van der Waals surface area contributed by atoms with E-state index in [1.54, 1.807) is 18.2 Å². The molecule has 356 valence electrons. The van der Waals surface area contributed by atoms with Crippen molar-refractivity contribution in [3.05, 3.63) is 90.3 Å². The Morgan fingerprint density at radius 1 is 1.06 bits per heavy atom. The normalized spacial score (nSPS) is 21.6. The van der Waals surface area contributed by atoms with E-state index in [2.05, 4.69) is 79.1 Å². The molecular weight excluding hydrogens is 947 g/mol. The number of hydrogen-bond donors (Lipinski definition) is 2. The van der Waals surface area contributed by atoms with E-state index in [1.807, 2.05) is 57.5 Å². The summed E-state index contributed by atoms with van der Waals surface area (Å²) >= 11 is -3.44. The molecule has 3 aliphatic heterocycles. The molecule has 3 amide bonds. The first-order chi connectivity index (χ1) is 31.8. The van der Waals surface area contributed by atoms with Gasteiger partial charge < -0.3 is 9.30 Å². The molecule has 13 nitrogen and oxygen atoms in total. The van der Waals surface area contributed by atoms with E-state index in [0.29, 0.717) is 45.4 Å². The number of nitrogens with one attached hydrogen (secondary N) is 2. The number of fused-ring (bicyclic) bond motifs is 6. The molecule has 5 atom stereocenters. The average molecular weight is 1020 g/mol. The number of amides is 3. The van der Waals surface area contributed by atoms with E-state index < -0.39 is 54.0 Å². The van der Waals surface area contributed by atoms with Crippen LogP contribution >= 0.6 is 0 Å². The van der Waals surface area contributed by atoms with Crippen LogP contribution in [0.2, 0.25) is 8.35 Å². The zero-order chi connectivity index (χ0) is 48.5. The quantitative estimate of drug-likeness (QED) is 0.114. The van der Waals surface area contributed by atoms with Crippen molar-refractivity contribution < 1.29 is 33.4 Å². The van der Waals surface area contributed by atoms with Gasteiger partial charge in [0.1, 0.15) is 0 Å². The van der Waals surface area contributed by atoms with Crippen molar-refractivity contribution in [2.45, 2.75) is 114 Å². The maximum absolute atomic E-state index is 14.8. The van der Waals surface area contributed by atoms with Gasteiger partial charge in [0.05, 0.1) is 17.5 Å². The van der Waals surface area contributed by atoms with Gasteiger partial charge in [-0.3, -0.25) is 4.98 Å². The second-order valence-corrected chi connectivity index (χ2v) is 28.9. The molecule has 0 unspecified atom stereocenters. The molecule has 0 radical (unpaired) electrons. The minimum absolute atomic E-state index is 0.123. The number of hydrazine groups is 1. The Bertz CT molecular complexity index is 2550. The molecule has 6 bridgehead atoms.